The first-order chi connectivity index (χ1) is 9.09. The molecule has 1 fully saturated rings. The van der Waals surface area contributed by atoms with Gasteiger partial charge in [0.1, 0.15) is 5.82 Å². The quantitative estimate of drug-likeness (QED) is 0.902. The third-order valence-electron chi connectivity index (χ3n) is 4.26. The number of aromatic nitrogens is 1. The Bertz CT molecular complexity index is 423. The average Bonchev–Trinajstić information content (AvgIpc) is 2.47. The molecule has 0 aromatic carbocycles. The SMILES string of the molecule is CCC(C)(C(N)c1ccncc1F)N1CCOCC1. The van der Waals surface area contributed by atoms with Crippen molar-refractivity contribution >= 4 is 0 Å². The van der Waals surface area contributed by atoms with Crippen molar-refractivity contribution in [2.45, 2.75) is 31.8 Å². The van der Waals surface area contributed by atoms with E-state index in [4.69, 9.17) is 10.5 Å². The van der Waals surface area contributed by atoms with Crippen molar-refractivity contribution in [2.75, 3.05) is 26.3 Å². The van der Waals surface area contributed by atoms with Gasteiger partial charge in [-0.1, -0.05) is 6.92 Å². The van der Waals surface area contributed by atoms with Crippen molar-refractivity contribution in [1.29, 1.82) is 0 Å². The van der Waals surface area contributed by atoms with E-state index < -0.39 is 0 Å². The smallest absolute Gasteiger partial charge is 0.146 e. The van der Waals surface area contributed by atoms with E-state index in [2.05, 4.69) is 23.7 Å². The lowest BCUT2D eigenvalue weighted by Crippen LogP contribution is -2.56. The minimum absolute atomic E-state index is 0.272. The van der Waals surface area contributed by atoms with Crippen LogP contribution in [0.2, 0.25) is 0 Å². The Kier molecular flexibility index (Phi) is 4.50. The van der Waals surface area contributed by atoms with Crippen molar-refractivity contribution in [3.63, 3.8) is 0 Å². The van der Waals surface area contributed by atoms with Crippen LogP contribution in [0.4, 0.5) is 4.39 Å². The fraction of sp³-hybridized carbons (Fsp3) is 0.643. The molecule has 0 amide bonds. The molecule has 2 atom stereocenters. The third kappa shape index (κ3) is 2.78. The maximum atomic E-state index is 13.9. The topological polar surface area (TPSA) is 51.4 Å². The third-order valence-corrected chi connectivity index (χ3v) is 4.26. The minimum atomic E-state index is -0.376. The zero-order chi connectivity index (χ0) is 13.9. The van der Waals surface area contributed by atoms with Gasteiger partial charge in [-0.25, -0.2) is 4.39 Å². The second-order valence-electron chi connectivity index (χ2n) is 5.19. The van der Waals surface area contributed by atoms with Gasteiger partial charge in [0.25, 0.3) is 0 Å². The summed E-state index contributed by atoms with van der Waals surface area (Å²) in [5.74, 6) is -0.331. The Morgan fingerprint density at radius 2 is 2.21 bits per heavy atom. The number of hydrogen-bond donors (Lipinski definition) is 1. The van der Waals surface area contributed by atoms with Crippen LogP contribution in [0.25, 0.3) is 0 Å². The molecule has 2 unspecified atom stereocenters. The highest BCUT2D eigenvalue weighted by Crippen LogP contribution is 2.33. The molecule has 2 N–H and O–H groups in total. The predicted molar refractivity (Wildman–Crippen MR) is 72.2 cm³/mol. The Morgan fingerprint density at radius 1 is 1.53 bits per heavy atom. The Balaban J connectivity index is 2.27. The van der Waals surface area contributed by atoms with Crippen molar-refractivity contribution in [3.8, 4) is 0 Å². The van der Waals surface area contributed by atoms with Crippen molar-refractivity contribution in [2.24, 2.45) is 5.73 Å². The molecule has 4 nitrogen and oxygen atoms in total. The number of morpholine rings is 1. The highest BCUT2D eigenvalue weighted by Gasteiger charge is 2.38. The van der Waals surface area contributed by atoms with E-state index in [1.54, 1.807) is 12.3 Å². The first kappa shape index (κ1) is 14.4. The summed E-state index contributed by atoms with van der Waals surface area (Å²) in [4.78, 5) is 6.09. The van der Waals surface area contributed by atoms with E-state index in [9.17, 15) is 4.39 Å². The highest BCUT2D eigenvalue weighted by molar-refractivity contribution is 5.21. The maximum Gasteiger partial charge on any atom is 0.146 e. The maximum absolute atomic E-state index is 13.9. The van der Waals surface area contributed by atoms with Gasteiger partial charge in [-0.2, -0.15) is 0 Å². The van der Waals surface area contributed by atoms with Crippen LogP contribution in [-0.4, -0.2) is 41.7 Å². The molecule has 0 aliphatic carbocycles. The van der Waals surface area contributed by atoms with E-state index in [1.807, 2.05) is 0 Å². The summed E-state index contributed by atoms with van der Waals surface area (Å²) >= 11 is 0. The summed E-state index contributed by atoms with van der Waals surface area (Å²) in [6, 6.07) is 1.30. The van der Waals surface area contributed by atoms with E-state index in [1.165, 1.54) is 6.20 Å². The van der Waals surface area contributed by atoms with Gasteiger partial charge in [-0.15, -0.1) is 0 Å². The Labute approximate surface area is 113 Å². The van der Waals surface area contributed by atoms with Gasteiger partial charge in [0, 0.05) is 30.4 Å². The van der Waals surface area contributed by atoms with Gasteiger partial charge in [0.05, 0.1) is 25.5 Å². The van der Waals surface area contributed by atoms with Crippen LogP contribution < -0.4 is 5.73 Å². The van der Waals surface area contributed by atoms with Gasteiger partial charge >= 0.3 is 0 Å². The lowest BCUT2D eigenvalue weighted by Gasteiger charge is -2.46. The second kappa shape index (κ2) is 5.94. The van der Waals surface area contributed by atoms with Gasteiger partial charge in [-0.05, 0) is 19.4 Å². The molecule has 0 radical (unpaired) electrons. The van der Waals surface area contributed by atoms with Crippen LogP contribution in [0.3, 0.4) is 0 Å². The molecule has 2 rings (SSSR count). The highest BCUT2D eigenvalue weighted by atomic mass is 19.1. The van der Waals surface area contributed by atoms with Gasteiger partial charge < -0.3 is 10.5 Å². The molecule has 1 saturated heterocycles. The summed E-state index contributed by atoms with van der Waals surface area (Å²) in [5.41, 5.74) is 6.63. The van der Waals surface area contributed by atoms with Crippen LogP contribution in [0.1, 0.15) is 31.9 Å². The molecule has 1 aliphatic heterocycles. The average molecular weight is 267 g/mol. The van der Waals surface area contributed by atoms with Crippen molar-refractivity contribution in [3.05, 3.63) is 29.8 Å². The first-order valence-corrected chi connectivity index (χ1v) is 6.77. The number of ether oxygens (including phenoxy) is 1. The van der Waals surface area contributed by atoms with Gasteiger partial charge in [0.2, 0.25) is 0 Å². The van der Waals surface area contributed by atoms with E-state index in [-0.39, 0.29) is 17.4 Å². The number of rotatable bonds is 4. The molecule has 0 saturated carbocycles. The number of pyridine rings is 1. The van der Waals surface area contributed by atoms with Crippen LogP contribution >= 0.6 is 0 Å². The zero-order valence-electron chi connectivity index (χ0n) is 11.6. The fourth-order valence-corrected chi connectivity index (χ4v) is 2.69. The van der Waals surface area contributed by atoms with Crippen molar-refractivity contribution < 1.29 is 9.13 Å². The lowest BCUT2D eigenvalue weighted by atomic mass is 9.83. The molecule has 0 spiro atoms. The summed E-state index contributed by atoms with van der Waals surface area (Å²) in [6.07, 6.45) is 3.67. The summed E-state index contributed by atoms with van der Waals surface area (Å²) in [5, 5.41) is 0. The van der Waals surface area contributed by atoms with E-state index in [0.717, 1.165) is 19.5 Å². The van der Waals surface area contributed by atoms with Crippen LogP contribution in [0.5, 0.6) is 0 Å². The zero-order valence-corrected chi connectivity index (χ0v) is 11.6. The van der Waals surface area contributed by atoms with Crippen molar-refractivity contribution in [1.82, 2.24) is 9.88 Å². The molecule has 2 heterocycles. The molecular weight excluding hydrogens is 245 g/mol. The molecule has 5 heteroatoms. The van der Waals surface area contributed by atoms with E-state index >= 15 is 0 Å². The van der Waals surface area contributed by atoms with Crippen LogP contribution in [0, 0.1) is 5.82 Å². The molecule has 0 bridgehead atoms. The molecule has 19 heavy (non-hydrogen) atoms. The molecule has 1 aromatic rings. The Hall–Kier alpha value is -1.04. The minimum Gasteiger partial charge on any atom is -0.379 e. The molecular formula is C14H22FN3O. The largest absolute Gasteiger partial charge is 0.379 e. The van der Waals surface area contributed by atoms with Gasteiger partial charge in [0.15, 0.2) is 0 Å². The summed E-state index contributed by atoms with van der Waals surface area (Å²) in [6.45, 7) is 7.29. The van der Waals surface area contributed by atoms with E-state index in [0.29, 0.717) is 18.8 Å². The van der Waals surface area contributed by atoms with Gasteiger partial charge in [-0.3, -0.25) is 9.88 Å². The number of nitrogens with zero attached hydrogens (tertiary/aromatic N) is 2. The number of nitrogens with two attached hydrogens (primary N) is 1. The molecule has 1 aromatic heterocycles. The first-order valence-electron chi connectivity index (χ1n) is 6.77. The second-order valence-corrected chi connectivity index (χ2v) is 5.19. The number of halogens is 1. The molecule has 106 valence electrons. The predicted octanol–water partition coefficient (Wildman–Crippen LogP) is 1.72. The normalized spacial score (nSPS) is 21.9. The van der Waals surface area contributed by atoms with Crippen LogP contribution in [0.15, 0.2) is 18.5 Å². The summed E-state index contributed by atoms with van der Waals surface area (Å²) in [7, 11) is 0. The molecule has 1 aliphatic rings. The summed E-state index contributed by atoms with van der Waals surface area (Å²) < 4.78 is 19.3. The fourth-order valence-electron chi connectivity index (χ4n) is 2.69. The number of hydrogen-bond acceptors (Lipinski definition) is 4. The lowest BCUT2D eigenvalue weighted by molar-refractivity contribution is -0.0281. The monoisotopic (exact) mass is 267 g/mol. The standard InChI is InChI=1S/C14H22FN3O/c1-3-14(2,18-6-8-19-9-7-18)13(16)11-4-5-17-10-12(11)15/h4-5,10,13H,3,6-9,16H2,1-2H3. The Morgan fingerprint density at radius 3 is 2.79 bits per heavy atom. The van der Waals surface area contributed by atoms with Crippen LogP contribution in [-0.2, 0) is 4.74 Å².